The molecule has 2 aromatic carbocycles. The number of benzene rings is 2. The van der Waals surface area contributed by atoms with E-state index in [-0.39, 0.29) is 0 Å². The number of ether oxygens (including phenoxy) is 2. The zero-order valence-electron chi connectivity index (χ0n) is 13.5. The quantitative estimate of drug-likeness (QED) is 0.614. The number of hydrogen-bond acceptors (Lipinski definition) is 4. The Kier molecular flexibility index (Phi) is 4.65. The third kappa shape index (κ3) is 4.07. The lowest BCUT2D eigenvalue weighted by Gasteiger charge is -2.28. The van der Waals surface area contributed by atoms with E-state index in [1.807, 2.05) is 13.8 Å². The molecule has 23 heavy (non-hydrogen) atoms. The Hall–Kier alpha value is -2.88. The van der Waals surface area contributed by atoms with Gasteiger partial charge in [-0.25, -0.2) is 0 Å². The Balaban J connectivity index is 2.06. The average Bonchev–Trinajstić information content (AvgIpc) is 2.51. The molecule has 2 rings (SSSR count). The van der Waals surface area contributed by atoms with E-state index in [0.717, 1.165) is 0 Å². The van der Waals surface area contributed by atoms with Gasteiger partial charge in [-0.15, -0.1) is 0 Å². The van der Waals surface area contributed by atoms with Gasteiger partial charge >= 0.3 is 0 Å². The standard InChI is InChI=1S/C19H22N2O2/c1-13(22-17-9-5-15(20)6-10-17)19(3,4)14(2)23-18-11-7-16(21)8-12-18/h5-12H,1-2,20-21H2,3-4H3. The fourth-order valence-corrected chi connectivity index (χ4v) is 1.77. The van der Waals surface area contributed by atoms with E-state index in [4.69, 9.17) is 20.9 Å². The summed E-state index contributed by atoms with van der Waals surface area (Å²) in [4.78, 5) is 0. The van der Waals surface area contributed by atoms with Gasteiger partial charge < -0.3 is 20.9 Å². The molecule has 0 spiro atoms. The molecule has 0 saturated carbocycles. The van der Waals surface area contributed by atoms with Crippen LogP contribution < -0.4 is 20.9 Å². The Morgan fingerprint density at radius 3 is 1.35 bits per heavy atom. The van der Waals surface area contributed by atoms with Gasteiger partial charge in [-0.1, -0.05) is 13.2 Å². The molecule has 0 radical (unpaired) electrons. The van der Waals surface area contributed by atoms with E-state index < -0.39 is 5.41 Å². The summed E-state index contributed by atoms with van der Waals surface area (Å²) < 4.78 is 11.6. The van der Waals surface area contributed by atoms with Crippen LogP contribution in [0.25, 0.3) is 0 Å². The molecule has 0 amide bonds. The van der Waals surface area contributed by atoms with Crippen molar-refractivity contribution >= 4 is 11.4 Å². The molecule has 0 aliphatic heterocycles. The van der Waals surface area contributed by atoms with Crippen LogP contribution in [0.15, 0.2) is 73.2 Å². The molecule has 4 nitrogen and oxygen atoms in total. The Morgan fingerprint density at radius 1 is 0.739 bits per heavy atom. The summed E-state index contributed by atoms with van der Waals surface area (Å²) in [6.45, 7) is 11.9. The van der Waals surface area contributed by atoms with Gasteiger partial charge in [0, 0.05) is 11.4 Å². The van der Waals surface area contributed by atoms with Crippen LogP contribution in [0.1, 0.15) is 13.8 Å². The van der Waals surface area contributed by atoms with Gasteiger partial charge in [0.25, 0.3) is 0 Å². The van der Waals surface area contributed by atoms with Crippen molar-refractivity contribution in [3.05, 3.63) is 73.2 Å². The highest BCUT2D eigenvalue weighted by Gasteiger charge is 2.30. The van der Waals surface area contributed by atoms with Gasteiger partial charge in [0.1, 0.15) is 23.0 Å². The third-order valence-corrected chi connectivity index (χ3v) is 3.64. The van der Waals surface area contributed by atoms with E-state index >= 15 is 0 Å². The molecular formula is C19H22N2O2. The zero-order valence-corrected chi connectivity index (χ0v) is 13.5. The van der Waals surface area contributed by atoms with E-state index in [9.17, 15) is 0 Å². The number of hydrogen-bond donors (Lipinski definition) is 2. The average molecular weight is 310 g/mol. The molecule has 0 heterocycles. The molecule has 2 aromatic rings. The van der Waals surface area contributed by atoms with Crippen LogP contribution in [0.3, 0.4) is 0 Å². The van der Waals surface area contributed by atoms with Crippen LogP contribution in [0, 0.1) is 5.41 Å². The third-order valence-electron chi connectivity index (χ3n) is 3.64. The summed E-state index contributed by atoms with van der Waals surface area (Å²) in [6.07, 6.45) is 0. The number of rotatable bonds is 6. The summed E-state index contributed by atoms with van der Waals surface area (Å²) >= 11 is 0. The first kappa shape index (κ1) is 16.5. The second-order valence-electron chi connectivity index (χ2n) is 5.81. The zero-order chi connectivity index (χ0) is 17.0. The van der Waals surface area contributed by atoms with Crippen molar-refractivity contribution in [2.45, 2.75) is 13.8 Å². The Labute approximate surface area is 137 Å². The first-order valence-electron chi connectivity index (χ1n) is 7.24. The molecule has 0 bridgehead atoms. The van der Waals surface area contributed by atoms with Gasteiger partial charge in [-0.3, -0.25) is 0 Å². The topological polar surface area (TPSA) is 70.5 Å². The summed E-state index contributed by atoms with van der Waals surface area (Å²) in [5.74, 6) is 2.39. The van der Waals surface area contributed by atoms with Crippen molar-refractivity contribution in [3.63, 3.8) is 0 Å². The van der Waals surface area contributed by atoms with E-state index in [1.165, 1.54) is 0 Å². The fraction of sp³-hybridized carbons (Fsp3) is 0.158. The van der Waals surface area contributed by atoms with Gasteiger partial charge in [0.05, 0.1) is 5.41 Å². The minimum Gasteiger partial charge on any atom is -0.461 e. The van der Waals surface area contributed by atoms with Crippen molar-refractivity contribution in [1.29, 1.82) is 0 Å². The first-order chi connectivity index (χ1) is 10.8. The molecule has 0 unspecified atom stereocenters. The van der Waals surface area contributed by atoms with Crippen molar-refractivity contribution in [3.8, 4) is 11.5 Å². The molecule has 0 fully saturated rings. The van der Waals surface area contributed by atoms with E-state index in [1.54, 1.807) is 48.5 Å². The Bertz CT molecular complexity index is 640. The fourth-order valence-electron chi connectivity index (χ4n) is 1.77. The maximum Gasteiger partial charge on any atom is 0.127 e. The molecular weight excluding hydrogens is 288 g/mol. The second kappa shape index (κ2) is 6.48. The lowest BCUT2D eigenvalue weighted by molar-refractivity contribution is 0.239. The van der Waals surface area contributed by atoms with E-state index in [0.29, 0.717) is 34.4 Å². The van der Waals surface area contributed by atoms with Gasteiger partial charge in [0.15, 0.2) is 0 Å². The maximum atomic E-state index is 5.80. The summed E-state index contributed by atoms with van der Waals surface area (Å²) in [7, 11) is 0. The lowest BCUT2D eigenvalue weighted by Crippen LogP contribution is -2.23. The minimum atomic E-state index is -0.581. The smallest absolute Gasteiger partial charge is 0.127 e. The van der Waals surface area contributed by atoms with Gasteiger partial charge in [-0.2, -0.15) is 0 Å². The highest BCUT2D eigenvalue weighted by Crippen LogP contribution is 2.35. The van der Waals surface area contributed by atoms with Gasteiger partial charge in [0.2, 0.25) is 0 Å². The van der Waals surface area contributed by atoms with Crippen molar-refractivity contribution in [2.24, 2.45) is 5.41 Å². The SMILES string of the molecule is C=C(Oc1ccc(N)cc1)C(C)(C)C(=C)Oc1ccc(N)cc1. The van der Waals surface area contributed by atoms with Crippen molar-refractivity contribution < 1.29 is 9.47 Å². The van der Waals surface area contributed by atoms with Crippen molar-refractivity contribution in [2.75, 3.05) is 11.5 Å². The van der Waals surface area contributed by atoms with Crippen LogP contribution in [0.5, 0.6) is 11.5 Å². The predicted octanol–water partition coefficient (Wildman–Crippen LogP) is 4.36. The highest BCUT2D eigenvalue weighted by molar-refractivity contribution is 5.43. The lowest BCUT2D eigenvalue weighted by atomic mass is 9.89. The predicted molar refractivity (Wildman–Crippen MR) is 95.0 cm³/mol. The van der Waals surface area contributed by atoms with Crippen molar-refractivity contribution in [1.82, 2.24) is 0 Å². The summed E-state index contributed by atoms with van der Waals surface area (Å²) in [5.41, 5.74) is 12.1. The van der Waals surface area contributed by atoms with Crippen LogP contribution in [0.4, 0.5) is 11.4 Å². The number of nitrogens with two attached hydrogens (primary N) is 2. The normalized spacial score (nSPS) is 10.9. The summed E-state index contributed by atoms with van der Waals surface area (Å²) in [5, 5.41) is 0. The molecule has 4 heteroatoms. The molecule has 0 atom stereocenters. The van der Waals surface area contributed by atoms with Crippen LogP contribution in [0.2, 0.25) is 0 Å². The summed E-state index contributed by atoms with van der Waals surface area (Å²) in [6, 6.07) is 14.3. The van der Waals surface area contributed by atoms with Crippen LogP contribution in [-0.4, -0.2) is 0 Å². The van der Waals surface area contributed by atoms with Crippen LogP contribution >= 0.6 is 0 Å². The van der Waals surface area contributed by atoms with E-state index in [2.05, 4.69) is 13.2 Å². The second-order valence-corrected chi connectivity index (χ2v) is 5.81. The minimum absolute atomic E-state index is 0.530. The number of nitrogen functional groups attached to an aromatic ring is 2. The molecule has 0 aromatic heterocycles. The number of anilines is 2. The highest BCUT2D eigenvalue weighted by atomic mass is 16.5. The van der Waals surface area contributed by atoms with Gasteiger partial charge in [-0.05, 0) is 62.4 Å². The molecule has 0 aliphatic carbocycles. The molecule has 0 aliphatic rings. The first-order valence-corrected chi connectivity index (χ1v) is 7.24. The molecule has 0 saturated heterocycles. The Morgan fingerprint density at radius 2 is 1.04 bits per heavy atom. The maximum absolute atomic E-state index is 5.80. The largest absolute Gasteiger partial charge is 0.461 e. The molecule has 120 valence electrons. The van der Waals surface area contributed by atoms with Crippen LogP contribution in [-0.2, 0) is 0 Å². The monoisotopic (exact) mass is 310 g/mol. The molecule has 4 N–H and O–H groups in total.